The molecule has 200 valence electrons. The van der Waals surface area contributed by atoms with Gasteiger partial charge in [0.2, 0.25) is 5.91 Å². The van der Waals surface area contributed by atoms with Gasteiger partial charge in [-0.15, -0.1) is 0 Å². The molecule has 1 heterocycles. The first-order valence-electron chi connectivity index (χ1n) is 13.2. The molecule has 1 aromatic rings. The third kappa shape index (κ3) is 7.27. The Labute approximate surface area is 212 Å². The first kappa shape index (κ1) is 28.1. The molecule has 0 radical (unpaired) electrons. The number of carboxylic acids is 2. The summed E-state index contributed by atoms with van der Waals surface area (Å²) in [7, 11) is 0. The molecule has 9 heteroatoms. The summed E-state index contributed by atoms with van der Waals surface area (Å²) in [4.78, 5) is 33.5. The van der Waals surface area contributed by atoms with Crippen molar-refractivity contribution in [2.45, 2.75) is 88.4 Å². The molecule has 2 fully saturated rings. The van der Waals surface area contributed by atoms with Crippen molar-refractivity contribution in [2.24, 2.45) is 5.92 Å². The molecule has 1 aliphatic heterocycles. The molecular formula is C27H40N2O7. The molecule has 2 aliphatic carbocycles. The van der Waals surface area contributed by atoms with Gasteiger partial charge in [0.05, 0.1) is 24.3 Å². The lowest BCUT2D eigenvalue weighted by Crippen LogP contribution is -2.49. The van der Waals surface area contributed by atoms with Gasteiger partial charge in [0.15, 0.2) is 0 Å². The second-order valence-corrected chi connectivity index (χ2v) is 10.3. The van der Waals surface area contributed by atoms with Gasteiger partial charge in [0, 0.05) is 6.54 Å². The van der Waals surface area contributed by atoms with Crippen LogP contribution < -0.4 is 5.32 Å². The number of nitrogens with zero attached hydrogens (tertiary/aromatic N) is 1. The van der Waals surface area contributed by atoms with E-state index in [4.69, 9.17) is 19.8 Å². The number of hydrogen-bond donors (Lipinski definition) is 5. The van der Waals surface area contributed by atoms with Gasteiger partial charge in [-0.2, -0.15) is 0 Å². The summed E-state index contributed by atoms with van der Waals surface area (Å²) in [5.41, 5.74) is 1.76. The van der Waals surface area contributed by atoms with Crippen molar-refractivity contribution >= 4 is 17.8 Å². The Bertz CT molecular complexity index is 890. The standard InChI is InChI=1S/C25H38N2O3.C2H2O4/c28-22-12-6-7-14-25(22,30)15-16-26-18-23(29)27-17-13-19-8-4-5-11-21(19)24(27)20-9-2-1-3-10-20;3-1(4)2(5)6/h4-5,8,11,20,22,24,26,28,30H,1-3,6-7,9-10,12-18H2;(H,3,4)(H,5,6)/t22-,24?,25+;/m0./s1. The number of carbonyl (C=O) groups is 3. The summed E-state index contributed by atoms with van der Waals surface area (Å²) in [6.07, 6.45) is 10.3. The molecule has 0 aromatic heterocycles. The Morgan fingerprint density at radius 1 is 0.972 bits per heavy atom. The van der Waals surface area contributed by atoms with Crippen LogP contribution >= 0.6 is 0 Å². The molecule has 1 amide bonds. The Kier molecular flexibility index (Phi) is 10.3. The Balaban J connectivity index is 0.000000538. The van der Waals surface area contributed by atoms with E-state index in [1.807, 2.05) is 0 Å². The van der Waals surface area contributed by atoms with Crippen LogP contribution in [0.3, 0.4) is 0 Å². The summed E-state index contributed by atoms with van der Waals surface area (Å²) in [6, 6.07) is 8.87. The fourth-order valence-corrected chi connectivity index (χ4v) is 5.93. The number of fused-ring (bicyclic) bond motifs is 1. The normalized spacial score (nSPS) is 26.3. The van der Waals surface area contributed by atoms with E-state index in [9.17, 15) is 15.0 Å². The van der Waals surface area contributed by atoms with Crippen LogP contribution in [0.5, 0.6) is 0 Å². The van der Waals surface area contributed by atoms with Gasteiger partial charge < -0.3 is 30.6 Å². The molecule has 2 saturated carbocycles. The number of benzene rings is 1. The van der Waals surface area contributed by atoms with Gasteiger partial charge in [0.1, 0.15) is 0 Å². The molecular weight excluding hydrogens is 464 g/mol. The van der Waals surface area contributed by atoms with Crippen LogP contribution in [0.4, 0.5) is 0 Å². The highest BCUT2D eigenvalue weighted by molar-refractivity contribution is 6.27. The average molecular weight is 505 g/mol. The van der Waals surface area contributed by atoms with Gasteiger partial charge in [-0.25, -0.2) is 9.59 Å². The van der Waals surface area contributed by atoms with E-state index in [0.717, 1.165) is 25.8 Å². The fourth-order valence-electron chi connectivity index (χ4n) is 5.93. The number of nitrogens with one attached hydrogen (secondary N) is 1. The summed E-state index contributed by atoms with van der Waals surface area (Å²) < 4.78 is 0. The zero-order chi connectivity index (χ0) is 26.1. The molecule has 4 rings (SSSR count). The van der Waals surface area contributed by atoms with Gasteiger partial charge in [-0.1, -0.05) is 56.4 Å². The van der Waals surface area contributed by atoms with Crippen molar-refractivity contribution in [1.82, 2.24) is 10.2 Å². The molecule has 1 unspecified atom stereocenters. The van der Waals surface area contributed by atoms with Crippen molar-refractivity contribution in [3.8, 4) is 0 Å². The predicted octanol–water partition coefficient (Wildman–Crippen LogP) is 2.49. The number of carbonyl (C=O) groups excluding carboxylic acids is 1. The van der Waals surface area contributed by atoms with Crippen LogP contribution in [0, 0.1) is 5.92 Å². The number of aliphatic hydroxyl groups is 2. The number of amides is 1. The van der Waals surface area contributed by atoms with Crippen LogP contribution in [0.25, 0.3) is 0 Å². The van der Waals surface area contributed by atoms with Crippen LogP contribution in [0.1, 0.15) is 81.4 Å². The van der Waals surface area contributed by atoms with E-state index in [1.165, 1.54) is 43.2 Å². The Morgan fingerprint density at radius 3 is 2.31 bits per heavy atom. The van der Waals surface area contributed by atoms with Crippen molar-refractivity contribution in [1.29, 1.82) is 0 Å². The lowest BCUT2D eigenvalue weighted by atomic mass is 9.77. The smallest absolute Gasteiger partial charge is 0.414 e. The van der Waals surface area contributed by atoms with Crippen LogP contribution in [0.2, 0.25) is 0 Å². The Hall–Kier alpha value is -2.49. The maximum Gasteiger partial charge on any atom is 0.414 e. The van der Waals surface area contributed by atoms with E-state index in [2.05, 4.69) is 34.5 Å². The minimum absolute atomic E-state index is 0.163. The fraction of sp³-hybridized carbons (Fsp3) is 0.667. The highest BCUT2D eigenvalue weighted by Gasteiger charge is 2.38. The van der Waals surface area contributed by atoms with E-state index >= 15 is 0 Å². The van der Waals surface area contributed by atoms with Crippen molar-refractivity contribution < 1.29 is 34.8 Å². The molecule has 1 aromatic carbocycles. The molecule has 36 heavy (non-hydrogen) atoms. The number of carboxylic acid groups (broad SMARTS) is 2. The molecule has 5 N–H and O–H groups in total. The van der Waals surface area contributed by atoms with E-state index < -0.39 is 23.6 Å². The summed E-state index contributed by atoms with van der Waals surface area (Å²) in [5, 5.41) is 38.9. The second-order valence-electron chi connectivity index (χ2n) is 10.3. The van der Waals surface area contributed by atoms with E-state index in [0.29, 0.717) is 38.3 Å². The zero-order valence-corrected chi connectivity index (χ0v) is 20.9. The van der Waals surface area contributed by atoms with Crippen LogP contribution in [0.15, 0.2) is 24.3 Å². The highest BCUT2D eigenvalue weighted by Crippen LogP contribution is 2.42. The van der Waals surface area contributed by atoms with Gasteiger partial charge in [-0.3, -0.25) is 4.79 Å². The van der Waals surface area contributed by atoms with Crippen molar-refractivity contribution in [3.63, 3.8) is 0 Å². The van der Waals surface area contributed by atoms with Crippen LogP contribution in [-0.2, 0) is 20.8 Å². The zero-order valence-electron chi connectivity index (χ0n) is 20.9. The maximum absolute atomic E-state index is 13.2. The predicted molar refractivity (Wildman–Crippen MR) is 133 cm³/mol. The van der Waals surface area contributed by atoms with Crippen molar-refractivity contribution in [2.75, 3.05) is 19.6 Å². The molecule has 9 nitrogen and oxygen atoms in total. The summed E-state index contributed by atoms with van der Waals surface area (Å²) >= 11 is 0. The quantitative estimate of drug-likeness (QED) is 0.293. The second kappa shape index (κ2) is 13.2. The minimum Gasteiger partial charge on any atom is -0.473 e. The minimum atomic E-state index is -1.82. The summed E-state index contributed by atoms with van der Waals surface area (Å²) in [6.45, 7) is 1.65. The molecule has 0 saturated heterocycles. The molecule has 0 bridgehead atoms. The number of aliphatic hydroxyl groups excluding tert-OH is 1. The van der Waals surface area contributed by atoms with E-state index in [-0.39, 0.29) is 11.9 Å². The third-order valence-electron chi connectivity index (χ3n) is 7.90. The third-order valence-corrected chi connectivity index (χ3v) is 7.90. The topological polar surface area (TPSA) is 147 Å². The monoisotopic (exact) mass is 504 g/mol. The van der Waals surface area contributed by atoms with E-state index in [1.54, 1.807) is 0 Å². The Morgan fingerprint density at radius 2 is 1.64 bits per heavy atom. The van der Waals surface area contributed by atoms with Crippen LogP contribution in [-0.4, -0.2) is 74.5 Å². The summed E-state index contributed by atoms with van der Waals surface area (Å²) in [5.74, 6) is -2.93. The van der Waals surface area contributed by atoms with Gasteiger partial charge in [-0.05, 0) is 62.1 Å². The number of hydrogen-bond acceptors (Lipinski definition) is 6. The lowest BCUT2D eigenvalue weighted by molar-refractivity contribution is -0.159. The molecule has 3 atom stereocenters. The largest absolute Gasteiger partial charge is 0.473 e. The highest BCUT2D eigenvalue weighted by atomic mass is 16.4. The van der Waals surface area contributed by atoms with Crippen molar-refractivity contribution in [3.05, 3.63) is 35.4 Å². The lowest BCUT2D eigenvalue weighted by Gasteiger charge is -2.43. The number of aliphatic carboxylic acids is 2. The maximum atomic E-state index is 13.2. The molecule has 3 aliphatic rings. The van der Waals surface area contributed by atoms with Gasteiger partial charge in [0.25, 0.3) is 0 Å². The first-order valence-corrected chi connectivity index (χ1v) is 13.2. The number of rotatable bonds is 6. The first-order chi connectivity index (χ1) is 17.2. The SMILES string of the molecule is O=C(CNCC[C@]1(O)CCCC[C@@H]1O)N1CCc2ccccc2C1C1CCCCC1.O=C(O)C(=O)O. The van der Waals surface area contributed by atoms with Gasteiger partial charge >= 0.3 is 11.9 Å². The average Bonchev–Trinajstić information content (AvgIpc) is 2.88. The molecule has 0 spiro atoms.